The van der Waals surface area contributed by atoms with E-state index in [4.69, 9.17) is 14.2 Å². The fraction of sp³-hybridized carbons (Fsp3) is 0.536. The molecule has 0 spiro atoms. The number of amides is 1. The van der Waals surface area contributed by atoms with E-state index in [1.807, 2.05) is 6.92 Å². The third-order valence-corrected chi connectivity index (χ3v) is 9.19. The second-order valence-electron chi connectivity index (χ2n) is 10.1. The SMILES string of the molecule is CCCn1c(=O)n(C)c(=O)c2c(COC)c(CCCOc3ccc(S(=O)(=O)N4CCN(C(=O)OCC)CC4)cc3)[nH]c21. The molecule has 0 unspecified atom stereocenters. The number of methoxy groups -OCH3 is 1. The normalized spacial score (nSPS) is 14.4. The van der Waals surface area contributed by atoms with Gasteiger partial charge in [-0.25, -0.2) is 18.0 Å². The van der Waals surface area contributed by atoms with Crippen LogP contribution in [0.15, 0.2) is 38.8 Å². The molecule has 1 N–H and O–H groups in total. The fourth-order valence-electron chi connectivity index (χ4n) is 5.11. The lowest BCUT2D eigenvalue weighted by Gasteiger charge is -2.33. The summed E-state index contributed by atoms with van der Waals surface area (Å²) in [6, 6.07) is 6.27. The van der Waals surface area contributed by atoms with Crippen molar-refractivity contribution in [1.82, 2.24) is 23.3 Å². The van der Waals surface area contributed by atoms with Gasteiger partial charge in [-0.3, -0.25) is 13.9 Å². The van der Waals surface area contributed by atoms with Crippen molar-refractivity contribution >= 4 is 27.1 Å². The van der Waals surface area contributed by atoms with Crippen LogP contribution in [0.3, 0.4) is 0 Å². The Hall–Kier alpha value is -3.62. The Bertz CT molecular complexity index is 1620. The molecule has 0 saturated carbocycles. The summed E-state index contributed by atoms with van der Waals surface area (Å²) < 4.78 is 46.5. The van der Waals surface area contributed by atoms with E-state index in [-0.39, 0.29) is 55.5 Å². The number of hydrogen-bond donors (Lipinski definition) is 1. The van der Waals surface area contributed by atoms with Crippen LogP contribution in [0.2, 0.25) is 0 Å². The van der Waals surface area contributed by atoms with E-state index in [0.717, 1.165) is 22.2 Å². The van der Waals surface area contributed by atoms with E-state index in [1.165, 1.54) is 28.4 Å². The number of benzene rings is 1. The van der Waals surface area contributed by atoms with E-state index in [2.05, 4.69) is 4.98 Å². The molecule has 1 aromatic carbocycles. The number of nitrogens with one attached hydrogen (secondary N) is 1. The van der Waals surface area contributed by atoms with Crippen molar-refractivity contribution in [3.8, 4) is 5.75 Å². The molecule has 2 aromatic heterocycles. The number of aromatic amines is 1. The molecule has 1 aliphatic rings. The van der Waals surface area contributed by atoms with Crippen molar-refractivity contribution in [2.75, 3.05) is 46.5 Å². The van der Waals surface area contributed by atoms with E-state index >= 15 is 0 Å². The van der Waals surface area contributed by atoms with Crippen molar-refractivity contribution in [3.05, 3.63) is 56.4 Å². The molecule has 0 radical (unpaired) electrons. The van der Waals surface area contributed by atoms with Gasteiger partial charge < -0.3 is 24.1 Å². The number of carbonyl (C=O) groups is 1. The highest BCUT2D eigenvalue weighted by atomic mass is 32.2. The summed E-state index contributed by atoms with van der Waals surface area (Å²) in [7, 11) is -0.667. The minimum atomic E-state index is -3.71. The van der Waals surface area contributed by atoms with Crippen molar-refractivity contribution in [2.24, 2.45) is 7.05 Å². The van der Waals surface area contributed by atoms with Gasteiger partial charge in [0.05, 0.1) is 30.1 Å². The molecule has 1 fully saturated rings. The Morgan fingerprint density at radius 2 is 1.74 bits per heavy atom. The predicted molar refractivity (Wildman–Crippen MR) is 156 cm³/mol. The van der Waals surface area contributed by atoms with Gasteiger partial charge in [-0.05, 0) is 50.5 Å². The van der Waals surface area contributed by atoms with Crippen LogP contribution in [0.5, 0.6) is 5.75 Å². The first kappa shape index (κ1) is 31.3. The molecule has 1 amide bonds. The number of aromatic nitrogens is 3. The molecule has 3 aromatic rings. The molecule has 0 atom stereocenters. The summed E-state index contributed by atoms with van der Waals surface area (Å²) in [6.07, 6.45) is 1.46. The van der Waals surface area contributed by atoms with E-state index < -0.39 is 16.1 Å². The van der Waals surface area contributed by atoms with E-state index in [1.54, 1.807) is 30.7 Å². The first-order valence-electron chi connectivity index (χ1n) is 14.1. The zero-order valence-corrected chi connectivity index (χ0v) is 25.4. The summed E-state index contributed by atoms with van der Waals surface area (Å²) in [5.41, 5.74) is 1.33. The summed E-state index contributed by atoms with van der Waals surface area (Å²) in [4.78, 5) is 42.6. The molecule has 14 heteroatoms. The first-order valence-corrected chi connectivity index (χ1v) is 15.5. The van der Waals surface area contributed by atoms with E-state index in [9.17, 15) is 22.8 Å². The Labute approximate surface area is 244 Å². The van der Waals surface area contributed by atoms with Gasteiger partial charge >= 0.3 is 11.8 Å². The van der Waals surface area contributed by atoms with Crippen LogP contribution >= 0.6 is 0 Å². The zero-order valence-electron chi connectivity index (χ0n) is 24.6. The lowest BCUT2D eigenvalue weighted by molar-refractivity contribution is 0.0934. The number of ether oxygens (including phenoxy) is 3. The lowest BCUT2D eigenvalue weighted by atomic mass is 10.1. The van der Waals surface area contributed by atoms with Gasteiger partial charge in [0.2, 0.25) is 10.0 Å². The Kier molecular flexibility index (Phi) is 10.1. The van der Waals surface area contributed by atoms with Crippen LogP contribution < -0.4 is 16.0 Å². The van der Waals surface area contributed by atoms with Crippen LogP contribution in [0.25, 0.3) is 11.0 Å². The molecule has 1 saturated heterocycles. The molecular weight excluding hydrogens is 566 g/mol. The molecule has 4 rings (SSSR count). The van der Waals surface area contributed by atoms with Gasteiger partial charge in [-0.1, -0.05) is 6.92 Å². The van der Waals surface area contributed by atoms with Gasteiger partial charge in [0.1, 0.15) is 11.4 Å². The Morgan fingerprint density at radius 1 is 1.05 bits per heavy atom. The second-order valence-corrected chi connectivity index (χ2v) is 12.0. The number of rotatable bonds is 12. The van der Waals surface area contributed by atoms with Crippen LogP contribution in [-0.4, -0.2) is 84.3 Å². The number of nitrogens with zero attached hydrogens (tertiary/aromatic N) is 4. The van der Waals surface area contributed by atoms with Crippen LogP contribution in [-0.2, 0) is 46.1 Å². The van der Waals surface area contributed by atoms with Crippen molar-refractivity contribution in [2.45, 2.75) is 51.2 Å². The highest BCUT2D eigenvalue weighted by molar-refractivity contribution is 7.89. The maximum atomic E-state index is 13.1. The average Bonchev–Trinajstić information content (AvgIpc) is 3.34. The molecule has 13 nitrogen and oxygen atoms in total. The third kappa shape index (κ3) is 6.40. The predicted octanol–water partition coefficient (Wildman–Crippen LogP) is 2.06. The lowest BCUT2D eigenvalue weighted by Crippen LogP contribution is -2.50. The summed E-state index contributed by atoms with van der Waals surface area (Å²) in [5.74, 6) is 0.528. The number of sulfonamides is 1. The molecule has 1 aliphatic heterocycles. The highest BCUT2D eigenvalue weighted by Crippen LogP contribution is 2.23. The average molecular weight is 606 g/mol. The van der Waals surface area contributed by atoms with Crippen molar-refractivity contribution < 1.29 is 27.4 Å². The molecule has 0 aliphatic carbocycles. The number of carbonyl (C=O) groups excluding carboxylic acids is 1. The maximum absolute atomic E-state index is 13.1. The number of aryl methyl sites for hydroxylation is 2. The second kappa shape index (κ2) is 13.6. The largest absolute Gasteiger partial charge is 0.494 e. The minimum absolute atomic E-state index is 0.154. The smallest absolute Gasteiger partial charge is 0.409 e. The molecule has 230 valence electrons. The summed E-state index contributed by atoms with van der Waals surface area (Å²) >= 11 is 0. The topological polar surface area (TPSA) is 145 Å². The number of hydrogen-bond acceptors (Lipinski definition) is 8. The summed E-state index contributed by atoms with van der Waals surface area (Å²) in [6.45, 7) is 5.95. The van der Waals surface area contributed by atoms with Gasteiger partial charge in [0.25, 0.3) is 5.56 Å². The third-order valence-electron chi connectivity index (χ3n) is 7.28. The first-order chi connectivity index (χ1) is 20.1. The van der Waals surface area contributed by atoms with Crippen LogP contribution in [0, 0.1) is 0 Å². The van der Waals surface area contributed by atoms with Crippen molar-refractivity contribution in [3.63, 3.8) is 0 Å². The number of H-pyrrole nitrogens is 1. The fourth-order valence-corrected chi connectivity index (χ4v) is 6.53. The Morgan fingerprint density at radius 3 is 2.36 bits per heavy atom. The standard InChI is InChI=1S/C28H39N5O8S/c1-5-13-33-25-24(26(34)30(3)27(33)35)22(19-39-4)23(29-25)8-7-18-41-20-9-11-21(12-10-20)42(37,38)32-16-14-31(15-17-32)28(36)40-6-2/h9-12,29H,5-8,13-19H2,1-4H3. The van der Waals surface area contributed by atoms with Crippen LogP contribution in [0.4, 0.5) is 4.79 Å². The molecule has 3 heterocycles. The molecule has 0 bridgehead atoms. The molecular formula is C28H39N5O8S. The summed E-state index contributed by atoms with van der Waals surface area (Å²) in [5, 5.41) is 0.461. The van der Waals surface area contributed by atoms with Gasteiger partial charge in [0, 0.05) is 58.1 Å². The zero-order chi connectivity index (χ0) is 30.4. The highest BCUT2D eigenvalue weighted by Gasteiger charge is 2.30. The minimum Gasteiger partial charge on any atom is -0.494 e. The monoisotopic (exact) mass is 605 g/mol. The number of fused-ring (bicyclic) bond motifs is 1. The van der Waals surface area contributed by atoms with Gasteiger partial charge in [-0.2, -0.15) is 4.31 Å². The van der Waals surface area contributed by atoms with Crippen molar-refractivity contribution in [1.29, 1.82) is 0 Å². The number of piperazine rings is 1. The Balaban J connectivity index is 1.39. The maximum Gasteiger partial charge on any atom is 0.409 e. The van der Waals surface area contributed by atoms with Crippen LogP contribution in [0.1, 0.15) is 37.9 Å². The quantitative estimate of drug-likeness (QED) is 0.309. The molecule has 42 heavy (non-hydrogen) atoms. The van der Waals surface area contributed by atoms with Gasteiger partial charge in [-0.15, -0.1) is 0 Å². The van der Waals surface area contributed by atoms with Gasteiger partial charge in [0.15, 0.2) is 0 Å². The van der Waals surface area contributed by atoms with E-state index in [0.29, 0.717) is 42.8 Å².